The molecule has 1 N–H and O–H groups in total. The Morgan fingerprint density at radius 1 is 1.21 bits per heavy atom. The molecule has 0 saturated heterocycles. The number of hydrogen-bond donors (Lipinski definition) is 1. The van der Waals surface area contributed by atoms with Crippen LogP contribution in [-0.4, -0.2) is 19.9 Å². The van der Waals surface area contributed by atoms with Gasteiger partial charge in [-0.25, -0.2) is 0 Å². The summed E-state index contributed by atoms with van der Waals surface area (Å²) in [5.41, 5.74) is 1.03. The predicted octanol–water partition coefficient (Wildman–Crippen LogP) is 2.49. The van der Waals surface area contributed by atoms with Crippen molar-refractivity contribution < 1.29 is 9.47 Å². The molecule has 0 amide bonds. The molecule has 1 aromatic rings. The van der Waals surface area contributed by atoms with Gasteiger partial charge in [0.25, 0.3) is 0 Å². The van der Waals surface area contributed by atoms with E-state index >= 15 is 0 Å². The molecule has 0 aliphatic rings. The smallest absolute Gasteiger partial charge is 0.119 e. The highest BCUT2D eigenvalue weighted by atomic mass is 16.5. The molecule has 78 valence electrons. The number of rotatable bonds is 5. The summed E-state index contributed by atoms with van der Waals surface area (Å²) in [5, 5.41) is 3.10. The highest BCUT2D eigenvalue weighted by molar-refractivity contribution is 5.45. The lowest BCUT2D eigenvalue weighted by Crippen LogP contribution is -2.06. The zero-order chi connectivity index (χ0) is 10.4. The third-order valence-corrected chi connectivity index (χ3v) is 1.65. The van der Waals surface area contributed by atoms with Gasteiger partial charge in [-0.2, -0.15) is 0 Å². The molecule has 0 atom stereocenters. The third-order valence-electron chi connectivity index (χ3n) is 1.65. The number of methoxy groups -OCH3 is 1. The van der Waals surface area contributed by atoms with Crippen molar-refractivity contribution in [3.63, 3.8) is 0 Å². The van der Waals surface area contributed by atoms with Crippen LogP contribution in [0.1, 0.15) is 13.8 Å². The highest BCUT2D eigenvalue weighted by Gasteiger charge is 1.96. The predicted molar refractivity (Wildman–Crippen MR) is 57.7 cm³/mol. The van der Waals surface area contributed by atoms with Crippen molar-refractivity contribution >= 4 is 5.69 Å². The summed E-state index contributed by atoms with van der Waals surface area (Å²) in [6, 6.07) is 7.82. The van der Waals surface area contributed by atoms with Gasteiger partial charge in [0.1, 0.15) is 12.5 Å². The molecule has 0 bridgehead atoms. The number of nitrogens with one attached hydrogen (secondary N) is 1. The van der Waals surface area contributed by atoms with Crippen LogP contribution in [0, 0.1) is 0 Å². The first-order chi connectivity index (χ1) is 6.72. The quantitative estimate of drug-likeness (QED) is 0.732. The van der Waals surface area contributed by atoms with Crippen LogP contribution < -0.4 is 10.1 Å². The highest BCUT2D eigenvalue weighted by Crippen LogP contribution is 2.16. The summed E-state index contributed by atoms with van der Waals surface area (Å²) >= 11 is 0. The minimum absolute atomic E-state index is 0.216. The zero-order valence-electron chi connectivity index (χ0n) is 8.91. The second-order valence-electron chi connectivity index (χ2n) is 3.30. The molecule has 0 unspecified atom stereocenters. The first-order valence-electron chi connectivity index (χ1n) is 4.72. The molecule has 14 heavy (non-hydrogen) atoms. The van der Waals surface area contributed by atoms with Crippen LogP contribution in [0.25, 0.3) is 0 Å². The largest absolute Gasteiger partial charge is 0.491 e. The molecular formula is C11H17NO2. The molecule has 0 spiro atoms. The fourth-order valence-electron chi connectivity index (χ4n) is 1.08. The Bertz CT molecular complexity index is 256. The van der Waals surface area contributed by atoms with E-state index < -0.39 is 0 Å². The van der Waals surface area contributed by atoms with Crippen molar-refractivity contribution in [2.75, 3.05) is 19.2 Å². The molecule has 0 aliphatic carbocycles. The van der Waals surface area contributed by atoms with Gasteiger partial charge in [-0.05, 0) is 38.1 Å². The van der Waals surface area contributed by atoms with E-state index in [1.54, 1.807) is 7.11 Å². The Morgan fingerprint density at radius 2 is 1.86 bits per heavy atom. The van der Waals surface area contributed by atoms with Gasteiger partial charge in [-0.1, -0.05) is 0 Å². The molecule has 0 fully saturated rings. The monoisotopic (exact) mass is 195 g/mol. The van der Waals surface area contributed by atoms with Crippen molar-refractivity contribution in [3.8, 4) is 5.75 Å². The normalized spacial score (nSPS) is 10.3. The van der Waals surface area contributed by atoms with Crippen LogP contribution in [0.2, 0.25) is 0 Å². The second kappa shape index (κ2) is 5.50. The zero-order valence-corrected chi connectivity index (χ0v) is 8.91. The van der Waals surface area contributed by atoms with E-state index in [1.807, 2.05) is 38.1 Å². The summed E-state index contributed by atoms with van der Waals surface area (Å²) in [6.07, 6.45) is 0.216. The number of anilines is 1. The lowest BCUT2D eigenvalue weighted by molar-refractivity contribution is 0.221. The molecule has 1 aromatic carbocycles. The summed E-state index contributed by atoms with van der Waals surface area (Å²) in [4.78, 5) is 0. The average molecular weight is 195 g/mol. The van der Waals surface area contributed by atoms with Crippen molar-refractivity contribution in [2.45, 2.75) is 20.0 Å². The Kier molecular flexibility index (Phi) is 4.26. The molecule has 0 saturated carbocycles. The Hall–Kier alpha value is -1.22. The van der Waals surface area contributed by atoms with Gasteiger partial charge >= 0.3 is 0 Å². The molecule has 0 heterocycles. The Balaban J connectivity index is 2.50. The SMILES string of the molecule is COCNc1ccc(OC(C)C)cc1. The molecule has 3 nitrogen and oxygen atoms in total. The number of benzene rings is 1. The summed E-state index contributed by atoms with van der Waals surface area (Å²) in [6.45, 7) is 4.54. The van der Waals surface area contributed by atoms with Gasteiger partial charge in [-0.3, -0.25) is 0 Å². The maximum absolute atomic E-state index is 5.51. The van der Waals surface area contributed by atoms with Gasteiger partial charge in [0.15, 0.2) is 0 Å². The Labute approximate surface area is 85.0 Å². The minimum Gasteiger partial charge on any atom is -0.491 e. The molecular weight excluding hydrogens is 178 g/mol. The van der Waals surface area contributed by atoms with Gasteiger partial charge in [0.05, 0.1) is 6.10 Å². The fourth-order valence-corrected chi connectivity index (χ4v) is 1.08. The van der Waals surface area contributed by atoms with Crippen molar-refractivity contribution in [3.05, 3.63) is 24.3 Å². The van der Waals surface area contributed by atoms with Gasteiger partial charge < -0.3 is 14.8 Å². The van der Waals surface area contributed by atoms with E-state index in [0.29, 0.717) is 6.73 Å². The summed E-state index contributed by atoms with van der Waals surface area (Å²) in [7, 11) is 1.66. The van der Waals surface area contributed by atoms with E-state index in [9.17, 15) is 0 Å². The van der Waals surface area contributed by atoms with Crippen LogP contribution in [0.15, 0.2) is 24.3 Å². The maximum atomic E-state index is 5.51. The van der Waals surface area contributed by atoms with Crippen LogP contribution in [0.5, 0.6) is 5.75 Å². The first-order valence-corrected chi connectivity index (χ1v) is 4.72. The van der Waals surface area contributed by atoms with E-state index in [4.69, 9.17) is 9.47 Å². The lowest BCUT2D eigenvalue weighted by atomic mass is 10.3. The van der Waals surface area contributed by atoms with Gasteiger partial charge in [0, 0.05) is 12.8 Å². The standard InChI is InChI=1S/C11H17NO2/c1-9(2)14-11-6-4-10(5-7-11)12-8-13-3/h4-7,9,12H,8H2,1-3H3. The molecule has 3 heteroatoms. The lowest BCUT2D eigenvalue weighted by Gasteiger charge is -2.10. The fraction of sp³-hybridized carbons (Fsp3) is 0.455. The molecule has 0 aromatic heterocycles. The Morgan fingerprint density at radius 3 is 2.36 bits per heavy atom. The van der Waals surface area contributed by atoms with Crippen molar-refractivity contribution in [2.24, 2.45) is 0 Å². The van der Waals surface area contributed by atoms with Crippen LogP contribution in [-0.2, 0) is 4.74 Å². The molecule has 1 rings (SSSR count). The molecule has 0 aliphatic heterocycles. The van der Waals surface area contributed by atoms with Crippen LogP contribution >= 0.6 is 0 Å². The maximum Gasteiger partial charge on any atom is 0.119 e. The van der Waals surface area contributed by atoms with E-state index in [-0.39, 0.29) is 6.10 Å². The van der Waals surface area contributed by atoms with Crippen LogP contribution in [0.4, 0.5) is 5.69 Å². The topological polar surface area (TPSA) is 30.5 Å². The number of hydrogen-bond acceptors (Lipinski definition) is 3. The van der Waals surface area contributed by atoms with E-state index in [1.165, 1.54) is 0 Å². The summed E-state index contributed by atoms with van der Waals surface area (Å²) in [5.74, 6) is 0.892. The second-order valence-corrected chi connectivity index (χ2v) is 3.30. The number of ether oxygens (including phenoxy) is 2. The summed E-state index contributed by atoms with van der Waals surface area (Å²) < 4.78 is 10.4. The minimum atomic E-state index is 0.216. The first kappa shape index (κ1) is 10.9. The van der Waals surface area contributed by atoms with Gasteiger partial charge in [-0.15, -0.1) is 0 Å². The van der Waals surface area contributed by atoms with Crippen LogP contribution in [0.3, 0.4) is 0 Å². The van der Waals surface area contributed by atoms with Gasteiger partial charge in [0.2, 0.25) is 0 Å². The third kappa shape index (κ3) is 3.66. The van der Waals surface area contributed by atoms with E-state index in [0.717, 1.165) is 11.4 Å². The van der Waals surface area contributed by atoms with E-state index in [2.05, 4.69) is 5.32 Å². The molecule has 0 radical (unpaired) electrons. The average Bonchev–Trinajstić information content (AvgIpc) is 2.16. The van der Waals surface area contributed by atoms with Crippen molar-refractivity contribution in [1.29, 1.82) is 0 Å². The van der Waals surface area contributed by atoms with Crippen molar-refractivity contribution in [1.82, 2.24) is 0 Å².